The van der Waals surface area contributed by atoms with Gasteiger partial charge < -0.3 is 22.1 Å². The van der Waals surface area contributed by atoms with Crippen LogP contribution in [0.15, 0.2) is 42.6 Å². The van der Waals surface area contributed by atoms with Gasteiger partial charge in [-0.05, 0) is 31.0 Å². The van der Waals surface area contributed by atoms with Crippen molar-refractivity contribution in [3.8, 4) is 6.07 Å². The molecule has 1 fully saturated rings. The highest BCUT2D eigenvalue weighted by atomic mass is 16.1. The molecule has 1 aromatic carbocycles. The maximum absolute atomic E-state index is 12.0. The van der Waals surface area contributed by atoms with Crippen LogP contribution in [0.1, 0.15) is 41.6 Å². The van der Waals surface area contributed by atoms with Crippen LogP contribution in [0.5, 0.6) is 0 Å². The van der Waals surface area contributed by atoms with Gasteiger partial charge in [0.05, 0.1) is 28.5 Å². The number of aromatic nitrogens is 2. The number of nitrogens with zero attached hydrogens (tertiary/aromatic N) is 3. The van der Waals surface area contributed by atoms with Gasteiger partial charge in [-0.25, -0.2) is 4.98 Å². The van der Waals surface area contributed by atoms with E-state index in [0.717, 1.165) is 36.6 Å². The Kier molecular flexibility index (Phi) is 5.46. The molecule has 30 heavy (non-hydrogen) atoms. The number of nitrogens with one attached hydrogen (secondary N) is 2. The fraction of sp³-hybridized carbons (Fsp3) is 0.273. The zero-order valence-electron chi connectivity index (χ0n) is 16.4. The molecule has 4 rings (SSSR count). The minimum absolute atomic E-state index is 0.0102. The zero-order chi connectivity index (χ0) is 21.1. The van der Waals surface area contributed by atoms with Crippen molar-refractivity contribution in [2.24, 2.45) is 11.5 Å². The Hall–Kier alpha value is -3.70. The van der Waals surface area contributed by atoms with E-state index in [0.29, 0.717) is 11.5 Å². The molecule has 1 aliphatic rings. The summed E-state index contributed by atoms with van der Waals surface area (Å²) in [6, 6.07) is 13.2. The average molecular weight is 401 g/mol. The summed E-state index contributed by atoms with van der Waals surface area (Å²) in [5, 5.41) is 17.0. The summed E-state index contributed by atoms with van der Waals surface area (Å²) in [5.41, 5.74) is 13.7. The number of fused-ring (bicyclic) bond motifs is 1. The molecule has 2 unspecified atom stereocenters. The molecule has 2 heterocycles. The van der Waals surface area contributed by atoms with Gasteiger partial charge in [0.15, 0.2) is 0 Å². The number of nitriles is 1. The fourth-order valence-corrected chi connectivity index (χ4v) is 3.78. The van der Waals surface area contributed by atoms with Gasteiger partial charge in [0.2, 0.25) is 0 Å². The maximum Gasteiger partial charge on any atom is 0.252 e. The number of hydrogen-bond donors (Lipinski definition) is 4. The number of hydrogen-bond acceptors (Lipinski definition) is 7. The van der Waals surface area contributed by atoms with Gasteiger partial charge in [0.25, 0.3) is 5.91 Å². The minimum atomic E-state index is -0.670. The summed E-state index contributed by atoms with van der Waals surface area (Å²) < 4.78 is 0. The van der Waals surface area contributed by atoms with E-state index >= 15 is 0 Å². The van der Waals surface area contributed by atoms with Gasteiger partial charge in [-0.15, -0.1) is 0 Å². The first kappa shape index (κ1) is 19.6. The monoisotopic (exact) mass is 401 g/mol. The molecule has 6 N–H and O–H groups in total. The molecule has 1 amide bonds. The molecule has 0 spiro atoms. The minimum Gasteiger partial charge on any atom is -0.365 e. The van der Waals surface area contributed by atoms with Crippen molar-refractivity contribution in [3.05, 3.63) is 53.7 Å². The third-order valence-corrected chi connectivity index (χ3v) is 5.40. The van der Waals surface area contributed by atoms with E-state index in [1.807, 2.05) is 30.3 Å². The first-order valence-corrected chi connectivity index (χ1v) is 9.94. The van der Waals surface area contributed by atoms with Crippen molar-refractivity contribution < 1.29 is 4.79 Å². The highest BCUT2D eigenvalue weighted by Gasteiger charge is 2.24. The lowest BCUT2D eigenvalue weighted by atomic mass is 9.91. The molecule has 2 atom stereocenters. The van der Waals surface area contributed by atoms with Crippen molar-refractivity contribution in [3.63, 3.8) is 0 Å². The SMILES string of the molecule is N#Cc1cc(C(N)=O)c(Nc2cnc3ccccc3c2)nc1NC1CCCCC1N. The van der Waals surface area contributed by atoms with Crippen LogP contribution in [0, 0.1) is 11.3 Å². The van der Waals surface area contributed by atoms with Gasteiger partial charge in [-0.3, -0.25) is 9.78 Å². The molecule has 152 valence electrons. The number of carbonyl (C=O) groups is 1. The third-order valence-electron chi connectivity index (χ3n) is 5.40. The van der Waals surface area contributed by atoms with Crippen molar-refractivity contribution in [2.45, 2.75) is 37.8 Å². The first-order chi connectivity index (χ1) is 14.5. The Morgan fingerprint density at radius 3 is 2.73 bits per heavy atom. The maximum atomic E-state index is 12.0. The summed E-state index contributed by atoms with van der Waals surface area (Å²) >= 11 is 0. The molecule has 0 aliphatic heterocycles. The highest BCUT2D eigenvalue weighted by molar-refractivity contribution is 5.99. The summed E-state index contributed by atoms with van der Waals surface area (Å²) in [5.74, 6) is -0.0114. The van der Waals surface area contributed by atoms with E-state index in [4.69, 9.17) is 11.5 Å². The van der Waals surface area contributed by atoms with E-state index in [-0.39, 0.29) is 29.0 Å². The lowest BCUT2D eigenvalue weighted by molar-refractivity contribution is 0.100. The van der Waals surface area contributed by atoms with Crippen molar-refractivity contribution in [1.82, 2.24) is 9.97 Å². The van der Waals surface area contributed by atoms with Gasteiger partial charge in [0, 0.05) is 17.5 Å². The molecular formula is C22H23N7O. The quantitative estimate of drug-likeness (QED) is 0.514. The number of primary amides is 1. The van der Waals surface area contributed by atoms with Crippen LogP contribution in [0.25, 0.3) is 10.9 Å². The topological polar surface area (TPSA) is 143 Å². The molecule has 3 aromatic rings. The number of amides is 1. The predicted molar refractivity (Wildman–Crippen MR) is 116 cm³/mol. The van der Waals surface area contributed by atoms with Crippen molar-refractivity contribution >= 4 is 34.1 Å². The second kappa shape index (κ2) is 8.35. The van der Waals surface area contributed by atoms with Gasteiger partial charge in [-0.1, -0.05) is 31.0 Å². The van der Waals surface area contributed by atoms with Gasteiger partial charge in [0.1, 0.15) is 17.7 Å². The second-order valence-electron chi connectivity index (χ2n) is 7.50. The summed E-state index contributed by atoms with van der Waals surface area (Å²) in [4.78, 5) is 21.0. The standard InChI is InChI=1S/C22H23N7O/c23-11-14-10-16(20(25)30)22(29-21(14)28-19-8-4-2-6-17(19)24)27-15-9-13-5-1-3-7-18(13)26-12-15/h1,3,5,7,9-10,12,17,19H,2,4,6,8,24H2,(H2,25,30)(H2,27,28,29). The molecule has 2 aromatic heterocycles. The Morgan fingerprint density at radius 2 is 1.97 bits per heavy atom. The predicted octanol–water partition coefficient (Wildman–Crippen LogP) is 3.03. The Labute approximate surface area is 174 Å². The van der Waals surface area contributed by atoms with Crippen LogP contribution in [0.4, 0.5) is 17.3 Å². The third kappa shape index (κ3) is 4.02. The fourth-order valence-electron chi connectivity index (χ4n) is 3.78. The number of nitrogens with two attached hydrogens (primary N) is 2. The lowest BCUT2D eigenvalue weighted by Gasteiger charge is -2.30. The van der Waals surface area contributed by atoms with E-state index in [2.05, 4.69) is 26.7 Å². The molecule has 1 aliphatic carbocycles. The average Bonchev–Trinajstić information content (AvgIpc) is 2.75. The summed E-state index contributed by atoms with van der Waals surface area (Å²) in [7, 11) is 0. The van der Waals surface area contributed by atoms with Gasteiger partial charge in [-0.2, -0.15) is 5.26 Å². The summed E-state index contributed by atoms with van der Waals surface area (Å²) in [6.45, 7) is 0. The molecule has 8 nitrogen and oxygen atoms in total. The van der Waals surface area contributed by atoms with E-state index < -0.39 is 5.91 Å². The smallest absolute Gasteiger partial charge is 0.252 e. The molecule has 8 heteroatoms. The molecule has 1 saturated carbocycles. The lowest BCUT2D eigenvalue weighted by Crippen LogP contribution is -2.43. The Morgan fingerprint density at radius 1 is 1.17 bits per heavy atom. The number of anilines is 3. The van der Waals surface area contributed by atoms with E-state index in [1.165, 1.54) is 6.07 Å². The number of benzene rings is 1. The van der Waals surface area contributed by atoms with Gasteiger partial charge >= 0.3 is 0 Å². The molecule has 0 bridgehead atoms. The van der Waals surface area contributed by atoms with Crippen LogP contribution >= 0.6 is 0 Å². The van der Waals surface area contributed by atoms with Crippen LogP contribution in [-0.2, 0) is 0 Å². The van der Waals surface area contributed by atoms with E-state index in [9.17, 15) is 10.1 Å². The second-order valence-corrected chi connectivity index (χ2v) is 7.50. The van der Waals surface area contributed by atoms with Crippen LogP contribution in [0.3, 0.4) is 0 Å². The van der Waals surface area contributed by atoms with Crippen LogP contribution in [0.2, 0.25) is 0 Å². The molecular weight excluding hydrogens is 378 g/mol. The van der Waals surface area contributed by atoms with Crippen LogP contribution < -0.4 is 22.1 Å². The van der Waals surface area contributed by atoms with E-state index in [1.54, 1.807) is 6.20 Å². The Bertz CT molecular complexity index is 1140. The molecule has 0 radical (unpaired) electrons. The number of rotatable bonds is 5. The highest BCUT2D eigenvalue weighted by Crippen LogP contribution is 2.28. The van der Waals surface area contributed by atoms with Crippen molar-refractivity contribution in [2.75, 3.05) is 10.6 Å². The number of para-hydroxylation sites is 1. The normalized spacial score (nSPS) is 18.5. The number of carbonyl (C=O) groups excluding carboxylic acids is 1. The number of pyridine rings is 2. The largest absolute Gasteiger partial charge is 0.365 e. The Balaban J connectivity index is 1.71. The van der Waals surface area contributed by atoms with Crippen LogP contribution in [-0.4, -0.2) is 28.0 Å². The summed E-state index contributed by atoms with van der Waals surface area (Å²) in [6.07, 6.45) is 5.66. The first-order valence-electron chi connectivity index (χ1n) is 9.94. The zero-order valence-corrected chi connectivity index (χ0v) is 16.4. The molecule has 0 saturated heterocycles. The van der Waals surface area contributed by atoms with Crippen molar-refractivity contribution in [1.29, 1.82) is 5.26 Å².